The van der Waals surface area contributed by atoms with Crippen LogP contribution in [0.1, 0.15) is 0 Å². The van der Waals surface area contributed by atoms with E-state index in [0.717, 1.165) is 0 Å². The van der Waals surface area contributed by atoms with Crippen molar-refractivity contribution in [1.29, 1.82) is 0 Å². The normalized spacial score (nSPS) is 25.8. The van der Waals surface area contributed by atoms with E-state index in [0.29, 0.717) is 0 Å². The van der Waals surface area contributed by atoms with Crippen LogP contribution >= 0.6 is 0 Å². The molecule has 0 aliphatic heterocycles. The molecule has 0 saturated heterocycles. The van der Waals surface area contributed by atoms with Crippen LogP contribution < -0.4 is 0 Å². The van der Waals surface area contributed by atoms with E-state index in [9.17, 15) is 22.0 Å². The Labute approximate surface area is 73.4 Å². The Morgan fingerprint density at radius 1 is 0.923 bits per heavy atom. The molecule has 6 heteroatoms. The summed E-state index contributed by atoms with van der Waals surface area (Å²) in [6.45, 7) is 4.22. The lowest BCUT2D eigenvalue weighted by Crippen LogP contribution is -2.58. The molecular formula is C7H9F5Si. The first kappa shape index (κ1) is 10.7. The molecular weight excluding hydrogens is 207 g/mol. The molecule has 0 heterocycles. The predicted molar refractivity (Wildman–Crippen MR) is 41.4 cm³/mol. The van der Waals surface area contributed by atoms with Crippen molar-refractivity contribution in [1.82, 2.24) is 0 Å². The third-order valence-electron chi connectivity index (χ3n) is 1.95. The van der Waals surface area contributed by atoms with Gasteiger partial charge in [0.2, 0.25) is 0 Å². The fourth-order valence-corrected chi connectivity index (χ4v) is 3.24. The highest BCUT2D eigenvalue weighted by molar-refractivity contribution is 6.83. The van der Waals surface area contributed by atoms with E-state index in [2.05, 4.69) is 0 Å². The van der Waals surface area contributed by atoms with Crippen LogP contribution in [0.5, 0.6) is 0 Å². The number of allylic oxidation sites excluding steroid dienone is 2. The first-order valence-corrected chi connectivity index (χ1v) is 7.19. The Balaban J connectivity index is 3.23. The molecule has 0 unspecified atom stereocenters. The third kappa shape index (κ3) is 1.14. The van der Waals surface area contributed by atoms with Crippen LogP contribution in [-0.4, -0.2) is 19.9 Å². The quantitative estimate of drug-likeness (QED) is 0.465. The van der Waals surface area contributed by atoms with Crippen molar-refractivity contribution in [3.05, 3.63) is 11.0 Å². The second kappa shape index (κ2) is 2.34. The van der Waals surface area contributed by atoms with Gasteiger partial charge in [-0.2, -0.15) is 17.6 Å². The Bertz CT molecular complexity index is 273. The van der Waals surface area contributed by atoms with Gasteiger partial charge in [0.25, 0.3) is 0 Å². The van der Waals surface area contributed by atoms with Gasteiger partial charge in [-0.25, -0.2) is 4.39 Å². The van der Waals surface area contributed by atoms with Crippen LogP contribution in [0, 0.1) is 0 Å². The molecule has 1 aliphatic carbocycles. The van der Waals surface area contributed by atoms with Gasteiger partial charge in [0.05, 0.1) is 8.07 Å². The first-order chi connectivity index (χ1) is 5.53. The lowest BCUT2D eigenvalue weighted by molar-refractivity contribution is -0.198. The van der Waals surface area contributed by atoms with Gasteiger partial charge in [-0.3, -0.25) is 0 Å². The summed E-state index contributed by atoms with van der Waals surface area (Å²) in [4.78, 5) is 0. The zero-order chi connectivity index (χ0) is 10.7. The summed E-state index contributed by atoms with van der Waals surface area (Å²) in [7, 11) is -2.69. The summed E-state index contributed by atoms with van der Waals surface area (Å²) in [5.74, 6) is -10.8. The summed E-state index contributed by atoms with van der Waals surface area (Å²) < 4.78 is 62.7. The van der Waals surface area contributed by atoms with E-state index in [1.165, 1.54) is 19.6 Å². The minimum atomic E-state index is -4.58. The fraction of sp³-hybridized carbons (Fsp3) is 0.714. The lowest BCUT2D eigenvalue weighted by atomic mass is 9.98. The number of alkyl halides is 4. The monoisotopic (exact) mass is 216 g/mol. The topological polar surface area (TPSA) is 0 Å². The zero-order valence-corrected chi connectivity index (χ0v) is 8.39. The number of hydrogen-bond donors (Lipinski definition) is 0. The van der Waals surface area contributed by atoms with Crippen LogP contribution in [0.25, 0.3) is 0 Å². The van der Waals surface area contributed by atoms with Crippen LogP contribution in [0.15, 0.2) is 11.0 Å². The van der Waals surface area contributed by atoms with Crippen molar-refractivity contribution in [3.8, 4) is 0 Å². The molecule has 0 radical (unpaired) electrons. The molecule has 0 fully saturated rings. The van der Waals surface area contributed by atoms with Crippen LogP contribution in [0.4, 0.5) is 22.0 Å². The molecule has 0 spiro atoms. The Hall–Kier alpha value is -0.393. The molecule has 1 rings (SSSR count). The van der Waals surface area contributed by atoms with E-state index < -0.39 is 30.9 Å². The van der Waals surface area contributed by atoms with Gasteiger partial charge in [0.15, 0.2) is 5.83 Å². The highest BCUT2D eigenvalue weighted by atomic mass is 28.3. The minimum Gasteiger partial charge on any atom is -0.205 e. The highest BCUT2D eigenvalue weighted by Gasteiger charge is 2.74. The minimum absolute atomic E-state index is 0.954. The molecule has 0 N–H and O–H groups in total. The maximum Gasteiger partial charge on any atom is 0.364 e. The van der Waals surface area contributed by atoms with Crippen molar-refractivity contribution < 1.29 is 22.0 Å². The van der Waals surface area contributed by atoms with Crippen molar-refractivity contribution in [2.75, 3.05) is 0 Å². The maximum absolute atomic E-state index is 12.7. The third-order valence-corrected chi connectivity index (χ3v) is 3.99. The Morgan fingerprint density at radius 2 is 1.31 bits per heavy atom. The molecule has 0 atom stereocenters. The first-order valence-electron chi connectivity index (χ1n) is 3.69. The van der Waals surface area contributed by atoms with Gasteiger partial charge < -0.3 is 0 Å². The van der Waals surface area contributed by atoms with Crippen molar-refractivity contribution >= 4 is 8.07 Å². The molecule has 0 aromatic heterocycles. The van der Waals surface area contributed by atoms with E-state index in [1.807, 2.05) is 0 Å². The van der Waals surface area contributed by atoms with Crippen LogP contribution in [-0.2, 0) is 0 Å². The van der Waals surface area contributed by atoms with Gasteiger partial charge in [-0.05, 0) is 0 Å². The molecule has 1 aliphatic rings. The van der Waals surface area contributed by atoms with Crippen molar-refractivity contribution in [3.63, 3.8) is 0 Å². The number of rotatable bonds is 1. The molecule has 13 heavy (non-hydrogen) atoms. The van der Waals surface area contributed by atoms with Crippen molar-refractivity contribution in [2.24, 2.45) is 0 Å². The van der Waals surface area contributed by atoms with E-state index in [1.54, 1.807) is 0 Å². The maximum atomic E-state index is 12.7. The van der Waals surface area contributed by atoms with E-state index >= 15 is 0 Å². The van der Waals surface area contributed by atoms with Gasteiger partial charge >= 0.3 is 11.8 Å². The van der Waals surface area contributed by atoms with Gasteiger partial charge in [-0.1, -0.05) is 19.6 Å². The average molecular weight is 216 g/mol. The predicted octanol–water partition coefficient (Wildman–Crippen LogP) is 3.37. The largest absolute Gasteiger partial charge is 0.364 e. The zero-order valence-electron chi connectivity index (χ0n) is 7.39. The van der Waals surface area contributed by atoms with E-state index in [4.69, 9.17) is 0 Å². The average Bonchev–Trinajstić information content (AvgIpc) is 1.82. The summed E-state index contributed by atoms with van der Waals surface area (Å²) >= 11 is 0. The summed E-state index contributed by atoms with van der Waals surface area (Å²) in [5, 5.41) is -0.954. The molecule has 0 bridgehead atoms. The molecule has 0 nitrogen and oxygen atoms in total. The SMILES string of the molecule is C[Si](C)(C)C1=C(F)C(F)(F)C1(F)F. The summed E-state index contributed by atoms with van der Waals surface area (Å²) in [6.07, 6.45) is 0. The molecule has 76 valence electrons. The lowest BCUT2D eigenvalue weighted by Gasteiger charge is -2.42. The Morgan fingerprint density at radius 3 is 1.46 bits per heavy atom. The number of hydrogen-bond acceptors (Lipinski definition) is 0. The van der Waals surface area contributed by atoms with E-state index in [-0.39, 0.29) is 0 Å². The van der Waals surface area contributed by atoms with Gasteiger partial charge in [0, 0.05) is 5.20 Å². The number of halogens is 5. The van der Waals surface area contributed by atoms with Crippen LogP contribution in [0.3, 0.4) is 0 Å². The highest BCUT2D eigenvalue weighted by Crippen LogP contribution is 2.58. The smallest absolute Gasteiger partial charge is 0.205 e. The standard InChI is InChI=1S/C7H9F5Si/c1-13(2,3)5-4(8)6(9,10)7(5,11)12/h1-3H3. The van der Waals surface area contributed by atoms with Gasteiger partial charge in [0.1, 0.15) is 0 Å². The van der Waals surface area contributed by atoms with Gasteiger partial charge in [-0.15, -0.1) is 0 Å². The summed E-state index contributed by atoms with van der Waals surface area (Å²) in [6, 6.07) is 0. The van der Waals surface area contributed by atoms with Crippen LogP contribution in [0.2, 0.25) is 19.6 Å². The second-order valence-electron chi connectivity index (χ2n) is 4.09. The Kier molecular flexibility index (Phi) is 1.93. The summed E-state index contributed by atoms with van der Waals surface area (Å²) in [5.41, 5.74) is 0. The second-order valence-corrected chi connectivity index (χ2v) is 9.09. The molecule has 0 aromatic carbocycles. The molecule has 0 aromatic rings. The fourth-order valence-electron chi connectivity index (χ4n) is 1.33. The molecule has 0 saturated carbocycles. The molecule has 0 amide bonds. The van der Waals surface area contributed by atoms with Crippen molar-refractivity contribution in [2.45, 2.75) is 31.5 Å².